The van der Waals surface area contributed by atoms with Gasteiger partial charge in [0.1, 0.15) is 0 Å². The summed E-state index contributed by atoms with van der Waals surface area (Å²) < 4.78 is 0. The molecule has 3 saturated heterocycles. The Balaban J connectivity index is 1.54. The molecule has 0 bridgehead atoms. The van der Waals surface area contributed by atoms with E-state index in [1.54, 1.807) is 0 Å². The van der Waals surface area contributed by atoms with Gasteiger partial charge in [0.2, 0.25) is 5.91 Å². The average Bonchev–Trinajstić information content (AvgIpc) is 3.06. The number of rotatable bonds is 3. The highest BCUT2D eigenvalue weighted by Gasteiger charge is 2.38. The molecule has 1 N–H and O–H groups in total. The van der Waals surface area contributed by atoms with Crippen LogP contribution in [0.4, 0.5) is 0 Å². The number of nitrogens with one attached hydrogen (secondary N) is 1. The summed E-state index contributed by atoms with van der Waals surface area (Å²) in [6.07, 6.45) is 6.21. The molecule has 102 valence electrons. The van der Waals surface area contributed by atoms with E-state index in [9.17, 15) is 4.79 Å². The summed E-state index contributed by atoms with van der Waals surface area (Å²) >= 11 is 0. The second-order valence-electron chi connectivity index (χ2n) is 6.06. The third-order valence-electron chi connectivity index (χ3n) is 4.86. The van der Waals surface area contributed by atoms with Crippen LogP contribution in [0.2, 0.25) is 0 Å². The highest BCUT2D eigenvalue weighted by molar-refractivity contribution is 5.81. The summed E-state index contributed by atoms with van der Waals surface area (Å²) in [5.41, 5.74) is 0. The van der Waals surface area contributed by atoms with E-state index in [2.05, 4.69) is 10.2 Å². The fourth-order valence-corrected chi connectivity index (χ4v) is 3.88. The molecule has 0 radical (unpaired) electrons. The fourth-order valence-electron chi connectivity index (χ4n) is 3.88. The molecule has 0 aromatic heterocycles. The van der Waals surface area contributed by atoms with Crippen LogP contribution in [0.5, 0.6) is 0 Å². The van der Waals surface area contributed by atoms with Gasteiger partial charge in [0.05, 0.1) is 6.04 Å². The van der Waals surface area contributed by atoms with Crippen LogP contribution < -0.4 is 5.32 Å². The lowest BCUT2D eigenvalue weighted by molar-refractivity contribution is -0.132. The molecule has 3 fully saturated rings. The Bertz CT molecular complexity index is 314. The van der Waals surface area contributed by atoms with Crippen molar-refractivity contribution in [3.05, 3.63) is 0 Å². The third kappa shape index (κ3) is 2.28. The van der Waals surface area contributed by atoms with E-state index in [0.29, 0.717) is 18.0 Å². The van der Waals surface area contributed by atoms with Crippen molar-refractivity contribution in [2.45, 2.75) is 57.2 Å². The first-order chi connectivity index (χ1) is 8.75. The maximum Gasteiger partial charge on any atom is 0.239 e. The van der Waals surface area contributed by atoms with E-state index >= 15 is 0 Å². The van der Waals surface area contributed by atoms with Crippen LogP contribution >= 0.6 is 0 Å². The minimum Gasteiger partial charge on any atom is -0.341 e. The Kier molecular flexibility index (Phi) is 3.57. The first-order valence-electron chi connectivity index (χ1n) is 7.54. The summed E-state index contributed by atoms with van der Waals surface area (Å²) in [6, 6.07) is 1.22. The Morgan fingerprint density at radius 3 is 2.67 bits per heavy atom. The highest BCUT2D eigenvalue weighted by Crippen LogP contribution is 2.28. The number of hydrogen-bond acceptors (Lipinski definition) is 3. The van der Waals surface area contributed by atoms with Gasteiger partial charge in [-0.2, -0.15) is 0 Å². The topological polar surface area (TPSA) is 35.6 Å². The SMILES string of the molecule is CC(NC1CCN2CCCC12)C(=O)N1CCCC1. The molecule has 0 aromatic rings. The smallest absolute Gasteiger partial charge is 0.239 e. The average molecular weight is 251 g/mol. The summed E-state index contributed by atoms with van der Waals surface area (Å²) in [4.78, 5) is 16.9. The summed E-state index contributed by atoms with van der Waals surface area (Å²) in [6.45, 7) is 6.44. The van der Waals surface area contributed by atoms with Crippen molar-refractivity contribution in [2.24, 2.45) is 0 Å². The molecule has 3 atom stereocenters. The number of likely N-dealkylation sites (tertiary alicyclic amines) is 1. The molecule has 4 heteroatoms. The molecule has 3 aliphatic rings. The van der Waals surface area contributed by atoms with Crippen LogP contribution in [0.15, 0.2) is 0 Å². The molecule has 3 aliphatic heterocycles. The van der Waals surface area contributed by atoms with Crippen LogP contribution in [-0.2, 0) is 4.79 Å². The standard InChI is InChI=1S/C14H25N3O/c1-11(14(18)17-7-2-3-8-17)15-12-6-10-16-9-4-5-13(12)16/h11-13,15H,2-10H2,1H3. The zero-order valence-electron chi connectivity index (χ0n) is 11.4. The molecule has 0 aliphatic carbocycles. The molecule has 3 heterocycles. The van der Waals surface area contributed by atoms with Crippen LogP contribution in [-0.4, -0.2) is 60.0 Å². The summed E-state index contributed by atoms with van der Waals surface area (Å²) in [5, 5.41) is 3.59. The van der Waals surface area contributed by atoms with Gasteiger partial charge in [0.15, 0.2) is 0 Å². The molecule has 0 saturated carbocycles. The van der Waals surface area contributed by atoms with Crippen molar-refractivity contribution in [1.82, 2.24) is 15.1 Å². The van der Waals surface area contributed by atoms with E-state index in [1.165, 1.54) is 45.2 Å². The molecular formula is C14H25N3O. The zero-order valence-corrected chi connectivity index (χ0v) is 11.4. The third-order valence-corrected chi connectivity index (χ3v) is 4.86. The van der Waals surface area contributed by atoms with Gasteiger partial charge in [-0.25, -0.2) is 0 Å². The van der Waals surface area contributed by atoms with E-state index in [-0.39, 0.29) is 6.04 Å². The van der Waals surface area contributed by atoms with Crippen LogP contribution in [0.25, 0.3) is 0 Å². The normalized spacial score (nSPS) is 33.9. The number of hydrogen-bond donors (Lipinski definition) is 1. The van der Waals surface area contributed by atoms with Gasteiger partial charge in [-0.15, -0.1) is 0 Å². The number of nitrogens with zero attached hydrogens (tertiary/aromatic N) is 2. The lowest BCUT2D eigenvalue weighted by atomic mass is 10.1. The van der Waals surface area contributed by atoms with Gasteiger partial charge in [0, 0.05) is 31.7 Å². The molecule has 0 aromatic carbocycles. The molecule has 0 spiro atoms. The maximum absolute atomic E-state index is 12.3. The zero-order chi connectivity index (χ0) is 12.5. The lowest BCUT2D eigenvalue weighted by Crippen LogP contribution is -2.50. The molecule has 18 heavy (non-hydrogen) atoms. The molecular weight excluding hydrogens is 226 g/mol. The first kappa shape index (κ1) is 12.4. The molecule has 3 unspecified atom stereocenters. The predicted molar refractivity (Wildman–Crippen MR) is 71.4 cm³/mol. The Labute approximate surface area is 110 Å². The van der Waals surface area contributed by atoms with Gasteiger partial charge in [-0.05, 0) is 45.6 Å². The number of amides is 1. The van der Waals surface area contributed by atoms with Gasteiger partial charge >= 0.3 is 0 Å². The molecule has 3 rings (SSSR count). The fraction of sp³-hybridized carbons (Fsp3) is 0.929. The highest BCUT2D eigenvalue weighted by atomic mass is 16.2. The first-order valence-corrected chi connectivity index (χ1v) is 7.54. The number of carbonyl (C=O) groups is 1. The van der Waals surface area contributed by atoms with Crippen LogP contribution in [0.3, 0.4) is 0 Å². The summed E-state index contributed by atoms with van der Waals surface area (Å²) in [7, 11) is 0. The monoisotopic (exact) mass is 251 g/mol. The quantitative estimate of drug-likeness (QED) is 0.807. The largest absolute Gasteiger partial charge is 0.341 e. The maximum atomic E-state index is 12.3. The minimum absolute atomic E-state index is 0.00588. The van der Waals surface area contributed by atoms with Crippen LogP contribution in [0.1, 0.15) is 39.0 Å². The van der Waals surface area contributed by atoms with Crippen molar-refractivity contribution in [1.29, 1.82) is 0 Å². The van der Waals surface area contributed by atoms with Gasteiger partial charge in [0.25, 0.3) is 0 Å². The van der Waals surface area contributed by atoms with Crippen molar-refractivity contribution < 1.29 is 4.79 Å². The Morgan fingerprint density at radius 1 is 1.11 bits per heavy atom. The van der Waals surface area contributed by atoms with Crippen LogP contribution in [0, 0.1) is 0 Å². The van der Waals surface area contributed by atoms with Gasteiger partial charge in [-0.1, -0.05) is 0 Å². The van der Waals surface area contributed by atoms with E-state index < -0.39 is 0 Å². The van der Waals surface area contributed by atoms with E-state index in [4.69, 9.17) is 0 Å². The van der Waals surface area contributed by atoms with Gasteiger partial charge in [-0.3, -0.25) is 9.69 Å². The Morgan fingerprint density at radius 2 is 1.89 bits per heavy atom. The molecule has 4 nitrogen and oxygen atoms in total. The summed E-state index contributed by atoms with van der Waals surface area (Å²) in [5.74, 6) is 0.309. The van der Waals surface area contributed by atoms with Gasteiger partial charge < -0.3 is 10.2 Å². The van der Waals surface area contributed by atoms with Crippen molar-refractivity contribution in [2.75, 3.05) is 26.2 Å². The van der Waals surface area contributed by atoms with Crippen molar-refractivity contribution in [3.8, 4) is 0 Å². The number of fused-ring (bicyclic) bond motifs is 1. The second kappa shape index (κ2) is 5.17. The predicted octanol–water partition coefficient (Wildman–Crippen LogP) is 0.824. The molecule has 1 amide bonds. The van der Waals surface area contributed by atoms with E-state index in [0.717, 1.165) is 13.1 Å². The lowest BCUT2D eigenvalue weighted by Gasteiger charge is -2.27. The second-order valence-corrected chi connectivity index (χ2v) is 6.06. The van der Waals surface area contributed by atoms with E-state index in [1.807, 2.05) is 11.8 Å². The van der Waals surface area contributed by atoms with Crippen molar-refractivity contribution >= 4 is 5.91 Å². The Hall–Kier alpha value is -0.610. The van der Waals surface area contributed by atoms with Crippen molar-refractivity contribution in [3.63, 3.8) is 0 Å². The minimum atomic E-state index is -0.00588. The number of carbonyl (C=O) groups excluding carboxylic acids is 1.